The predicted octanol–water partition coefficient (Wildman–Crippen LogP) is 3.42. The summed E-state index contributed by atoms with van der Waals surface area (Å²) in [4.78, 5) is 21.6. The number of amides is 1. The first-order chi connectivity index (χ1) is 16.8. The van der Waals surface area contributed by atoms with Crippen LogP contribution in [0.5, 0.6) is 0 Å². The third-order valence-electron chi connectivity index (χ3n) is 8.92. The molecule has 2 aliphatic carbocycles. The van der Waals surface area contributed by atoms with Gasteiger partial charge in [-0.25, -0.2) is 4.98 Å². The SMILES string of the molecule is CC1(CO)C(O)CCC2(C)C(CC(=O)N3CCOCC3)c3nc(NCc4ccccc4)sc3CC12. The van der Waals surface area contributed by atoms with Crippen LogP contribution in [-0.2, 0) is 22.5 Å². The monoisotopic (exact) mass is 499 g/mol. The Morgan fingerprint density at radius 1 is 1.26 bits per heavy atom. The largest absolute Gasteiger partial charge is 0.396 e. The number of nitrogens with one attached hydrogen (secondary N) is 1. The second-order valence-corrected chi connectivity index (χ2v) is 12.0. The molecule has 190 valence electrons. The highest BCUT2D eigenvalue weighted by molar-refractivity contribution is 7.15. The van der Waals surface area contributed by atoms with Gasteiger partial charge in [0.25, 0.3) is 0 Å². The van der Waals surface area contributed by atoms with Crippen molar-refractivity contribution in [3.05, 3.63) is 46.5 Å². The molecule has 2 heterocycles. The molecule has 7 nitrogen and oxygen atoms in total. The molecule has 5 unspecified atom stereocenters. The normalized spacial score (nSPS) is 32.6. The summed E-state index contributed by atoms with van der Waals surface area (Å²) in [6.07, 6.45) is 2.07. The van der Waals surface area contributed by atoms with Crippen LogP contribution in [0.3, 0.4) is 0 Å². The number of benzene rings is 1. The molecular formula is C27H37N3O4S. The second-order valence-electron chi connectivity index (χ2n) is 10.9. The van der Waals surface area contributed by atoms with Crippen LogP contribution in [0.2, 0.25) is 0 Å². The number of aliphatic hydroxyl groups is 2. The molecular weight excluding hydrogens is 462 g/mol. The van der Waals surface area contributed by atoms with Crippen LogP contribution in [0.15, 0.2) is 30.3 Å². The Labute approximate surface area is 211 Å². The number of hydrogen-bond acceptors (Lipinski definition) is 7. The number of morpholine rings is 1. The van der Waals surface area contributed by atoms with Crippen molar-refractivity contribution < 1.29 is 19.7 Å². The molecule has 1 saturated heterocycles. The van der Waals surface area contributed by atoms with Gasteiger partial charge >= 0.3 is 0 Å². The zero-order valence-electron chi connectivity index (χ0n) is 20.7. The van der Waals surface area contributed by atoms with Gasteiger partial charge < -0.3 is 25.2 Å². The Bertz CT molecular complexity index is 1040. The van der Waals surface area contributed by atoms with E-state index in [1.165, 1.54) is 10.4 Å². The van der Waals surface area contributed by atoms with Crippen LogP contribution in [-0.4, -0.2) is 65.0 Å². The molecule has 2 fully saturated rings. The van der Waals surface area contributed by atoms with E-state index in [0.717, 1.165) is 23.7 Å². The van der Waals surface area contributed by atoms with Crippen molar-refractivity contribution in [3.63, 3.8) is 0 Å². The van der Waals surface area contributed by atoms with Crippen LogP contribution in [0.1, 0.15) is 55.2 Å². The van der Waals surface area contributed by atoms with Gasteiger partial charge in [-0.1, -0.05) is 44.2 Å². The first-order valence-corrected chi connectivity index (χ1v) is 13.6. The summed E-state index contributed by atoms with van der Waals surface area (Å²) >= 11 is 1.66. The lowest BCUT2D eigenvalue weighted by Gasteiger charge is -2.58. The van der Waals surface area contributed by atoms with Crippen LogP contribution in [0, 0.1) is 16.7 Å². The number of nitrogens with zero attached hydrogens (tertiary/aromatic N) is 2. The smallest absolute Gasteiger partial charge is 0.223 e. The number of aliphatic hydroxyl groups excluding tert-OH is 2. The summed E-state index contributed by atoms with van der Waals surface area (Å²) in [5.41, 5.74) is 1.39. The fourth-order valence-electron chi connectivity index (χ4n) is 6.61. The summed E-state index contributed by atoms with van der Waals surface area (Å²) in [5, 5.41) is 25.7. The van der Waals surface area contributed by atoms with E-state index in [1.807, 2.05) is 30.0 Å². The number of fused-ring (bicyclic) bond motifs is 2. The van der Waals surface area contributed by atoms with E-state index in [1.54, 1.807) is 11.3 Å². The van der Waals surface area contributed by atoms with Gasteiger partial charge in [0.1, 0.15) is 0 Å². The maximum Gasteiger partial charge on any atom is 0.223 e. The van der Waals surface area contributed by atoms with E-state index >= 15 is 0 Å². The van der Waals surface area contributed by atoms with Crippen molar-refractivity contribution in [2.45, 2.75) is 58.1 Å². The summed E-state index contributed by atoms with van der Waals surface area (Å²) in [6.45, 7) is 7.33. The molecule has 0 spiro atoms. The Hall–Kier alpha value is -2.00. The standard InChI is InChI=1S/C27H37N3O4S/c1-26-9-8-22(32)27(2,17-31)21(26)15-20-24(19(26)14-23(33)30-10-12-34-13-11-30)29-25(35-20)28-16-18-6-4-3-5-7-18/h3-7,19,21-22,31-32H,8-17H2,1-2H3,(H,28,29). The number of ether oxygens (including phenoxy) is 1. The minimum Gasteiger partial charge on any atom is -0.396 e. The maximum atomic E-state index is 13.4. The minimum atomic E-state index is -0.605. The van der Waals surface area contributed by atoms with E-state index < -0.39 is 11.5 Å². The Kier molecular flexibility index (Phi) is 6.92. The van der Waals surface area contributed by atoms with Crippen LogP contribution in [0.25, 0.3) is 0 Å². The number of carbonyl (C=O) groups excluding carboxylic acids is 1. The van der Waals surface area contributed by atoms with Gasteiger partial charge in [-0.2, -0.15) is 0 Å². The van der Waals surface area contributed by atoms with Gasteiger partial charge in [-0.15, -0.1) is 11.3 Å². The lowest BCUT2D eigenvalue weighted by atomic mass is 9.47. The van der Waals surface area contributed by atoms with E-state index in [9.17, 15) is 15.0 Å². The number of rotatable bonds is 6. The molecule has 1 saturated carbocycles. The minimum absolute atomic E-state index is 0.0477. The number of thiazole rings is 1. The second kappa shape index (κ2) is 9.81. The molecule has 0 bridgehead atoms. The number of hydrogen-bond donors (Lipinski definition) is 3. The maximum absolute atomic E-state index is 13.4. The summed E-state index contributed by atoms with van der Waals surface area (Å²) < 4.78 is 5.45. The Morgan fingerprint density at radius 3 is 2.71 bits per heavy atom. The highest BCUT2D eigenvalue weighted by Crippen LogP contribution is 2.62. The average molecular weight is 500 g/mol. The van der Waals surface area contributed by atoms with Gasteiger partial charge in [0.05, 0.1) is 31.6 Å². The third-order valence-corrected chi connectivity index (χ3v) is 9.97. The quantitative estimate of drug-likeness (QED) is 0.564. The number of anilines is 1. The van der Waals surface area contributed by atoms with Gasteiger partial charge in [-0.3, -0.25) is 4.79 Å². The molecule has 3 N–H and O–H groups in total. The van der Waals surface area contributed by atoms with Gasteiger partial charge in [0, 0.05) is 42.3 Å². The molecule has 8 heteroatoms. The first kappa shape index (κ1) is 24.7. The highest BCUT2D eigenvalue weighted by atomic mass is 32.1. The van der Waals surface area contributed by atoms with Crippen LogP contribution < -0.4 is 5.32 Å². The average Bonchev–Trinajstić information content (AvgIpc) is 3.30. The predicted molar refractivity (Wildman–Crippen MR) is 136 cm³/mol. The lowest BCUT2D eigenvalue weighted by Crippen LogP contribution is -2.58. The van der Waals surface area contributed by atoms with E-state index in [0.29, 0.717) is 45.7 Å². The topological polar surface area (TPSA) is 94.9 Å². The van der Waals surface area contributed by atoms with Crippen molar-refractivity contribution >= 4 is 22.4 Å². The van der Waals surface area contributed by atoms with E-state index in [2.05, 4.69) is 24.4 Å². The van der Waals surface area contributed by atoms with E-state index in [4.69, 9.17) is 9.72 Å². The van der Waals surface area contributed by atoms with Crippen molar-refractivity contribution in [2.24, 2.45) is 16.7 Å². The van der Waals surface area contributed by atoms with Crippen molar-refractivity contribution in [3.8, 4) is 0 Å². The van der Waals surface area contributed by atoms with Crippen molar-refractivity contribution in [1.29, 1.82) is 0 Å². The molecule has 3 aliphatic rings. The van der Waals surface area contributed by atoms with Crippen molar-refractivity contribution in [2.75, 3.05) is 38.2 Å². The third kappa shape index (κ3) is 4.50. The number of carbonyl (C=O) groups is 1. The molecule has 2 aromatic rings. The van der Waals surface area contributed by atoms with Crippen molar-refractivity contribution in [1.82, 2.24) is 9.88 Å². The van der Waals surface area contributed by atoms with Crippen LogP contribution >= 0.6 is 11.3 Å². The first-order valence-electron chi connectivity index (χ1n) is 12.8. The zero-order chi connectivity index (χ0) is 24.6. The van der Waals surface area contributed by atoms with Gasteiger partial charge in [0.15, 0.2) is 5.13 Å². The van der Waals surface area contributed by atoms with Gasteiger partial charge in [0.2, 0.25) is 5.91 Å². The van der Waals surface area contributed by atoms with E-state index in [-0.39, 0.29) is 29.8 Å². The lowest BCUT2D eigenvalue weighted by molar-refractivity contribution is -0.149. The molecule has 1 amide bonds. The fraction of sp³-hybridized carbons (Fsp3) is 0.630. The molecule has 1 aromatic carbocycles. The van der Waals surface area contributed by atoms with Crippen LogP contribution in [0.4, 0.5) is 5.13 Å². The summed E-state index contributed by atoms with van der Waals surface area (Å²) in [6, 6.07) is 10.3. The molecule has 5 rings (SSSR count). The summed E-state index contributed by atoms with van der Waals surface area (Å²) in [5.74, 6) is 0.171. The highest BCUT2D eigenvalue weighted by Gasteiger charge is 2.59. The Morgan fingerprint density at radius 2 is 2.00 bits per heavy atom. The molecule has 1 aromatic heterocycles. The number of aromatic nitrogens is 1. The molecule has 0 radical (unpaired) electrons. The summed E-state index contributed by atoms with van der Waals surface area (Å²) in [7, 11) is 0. The molecule has 5 atom stereocenters. The zero-order valence-corrected chi connectivity index (χ0v) is 21.5. The fourth-order valence-corrected chi connectivity index (χ4v) is 7.68. The van der Waals surface area contributed by atoms with Gasteiger partial charge in [-0.05, 0) is 36.2 Å². The Balaban J connectivity index is 1.47. The molecule has 35 heavy (non-hydrogen) atoms. The molecule has 1 aliphatic heterocycles.